The van der Waals surface area contributed by atoms with Crippen LogP contribution < -0.4 is 0 Å². The zero-order valence-corrected chi connectivity index (χ0v) is 15.5. The standard InChI is InChI=1S/C19H18N4O3S/c1-2-17-18(24)22(13-14-7-4-3-5-8-14)19(27-17)21-20-12-15-9-6-10-16(11-15)23(25)26/h3-12,17H,2,13H2,1H3. The molecule has 0 bridgehead atoms. The Morgan fingerprint density at radius 2 is 2.00 bits per heavy atom. The number of nitro groups is 1. The van der Waals surface area contributed by atoms with Gasteiger partial charge in [0.2, 0.25) is 5.91 Å². The van der Waals surface area contributed by atoms with Crippen LogP contribution in [-0.4, -0.2) is 32.4 Å². The van der Waals surface area contributed by atoms with Gasteiger partial charge in [0, 0.05) is 17.7 Å². The maximum atomic E-state index is 12.6. The second-order valence-electron chi connectivity index (χ2n) is 5.90. The summed E-state index contributed by atoms with van der Waals surface area (Å²) in [6, 6.07) is 15.8. The predicted octanol–water partition coefficient (Wildman–Crippen LogP) is 3.84. The summed E-state index contributed by atoms with van der Waals surface area (Å²) in [4.78, 5) is 24.6. The molecule has 3 rings (SSSR count). The molecule has 0 radical (unpaired) electrons. The number of amidine groups is 1. The lowest BCUT2D eigenvalue weighted by atomic mass is 10.2. The van der Waals surface area contributed by atoms with E-state index in [2.05, 4.69) is 10.2 Å². The molecule has 0 spiro atoms. The van der Waals surface area contributed by atoms with Crippen LogP contribution >= 0.6 is 11.8 Å². The number of amides is 1. The monoisotopic (exact) mass is 382 g/mol. The molecule has 1 aliphatic rings. The van der Waals surface area contributed by atoms with Crippen LogP contribution in [0.1, 0.15) is 24.5 Å². The molecule has 2 aromatic carbocycles. The Morgan fingerprint density at radius 3 is 2.70 bits per heavy atom. The highest BCUT2D eigenvalue weighted by atomic mass is 32.2. The molecule has 0 saturated carbocycles. The number of benzene rings is 2. The van der Waals surface area contributed by atoms with Gasteiger partial charge in [-0.3, -0.25) is 19.8 Å². The first kappa shape index (κ1) is 18.8. The van der Waals surface area contributed by atoms with E-state index < -0.39 is 4.92 Å². The maximum Gasteiger partial charge on any atom is 0.270 e. The summed E-state index contributed by atoms with van der Waals surface area (Å²) >= 11 is 1.39. The van der Waals surface area contributed by atoms with Crippen molar-refractivity contribution in [3.8, 4) is 0 Å². The first-order chi connectivity index (χ1) is 13.1. The van der Waals surface area contributed by atoms with Crippen molar-refractivity contribution in [3.05, 3.63) is 75.8 Å². The smallest absolute Gasteiger partial charge is 0.270 e. The van der Waals surface area contributed by atoms with Crippen molar-refractivity contribution in [2.45, 2.75) is 25.1 Å². The number of nitro benzene ring substituents is 1. The molecule has 7 nitrogen and oxygen atoms in total. The van der Waals surface area contributed by atoms with Crippen molar-refractivity contribution < 1.29 is 9.72 Å². The van der Waals surface area contributed by atoms with Crippen LogP contribution in [0.25, 0.3) is 0 Å². The number of non-ortho nitro benzene ring substituents is 1. The summed E-state index contributed by atoms with van der Waals surface area (Å²) in [6.07, 6.45) is 2.16. The van der Waals surface area contributed by atoms with Crippen LogP contribution in [0.4, 0.5) is 5.69 Å². The minimum absolute atomic E-state index is 0.00577. The van der Waals surface area contributed by atoms with Gasteiger partial charge in [0.15, 0.2) is 5.17 Å². The fraction of sp³-hybridized carbons (Fsp3) is 0.211. The molecule has 1 fully saturated rings. The largest absolute Gasteiger partial charge is 0.284 e. The third-order valence-electron chi connectivity index (χ3n) is 4.01. The van der Waals surface area contributed by atoms with Gasteiger partial charge in [-0.2, -0.15) is 5.10 Å². The summed E-state index contributed by atoms with van der Waals surface area (Å²) < 4.78 is 0. The van der Waals surface area contributed by atoms with Crippen LogP contribution in [0.15, 0.2) is 64.8 Å². The normalized spacial score (nSPS) is 18.6. The third-order valence-corrected chi connectivity index (χ3v) is 5.34. The molecule has 8 heteroatoms. The van der Waals surface area contributed by atoms with Crippen molar-refractivity contribution in [1.82, 2.24) is 4.90 Å². The van der Waals surface area contributed by atoms with Crippen LogP contribution in [0, 0.1) is 10.1 Å². The van der Waals surface area contributed by atoms with E-state index in [9.17, 15) is 14.9 Å². The first-order valence-electron chi connectivity index (χ1n) is 8.46. The Morgan fingerprint density at radius 1 is 1.22 bits per heavy atom. The quantitative estimate of drug-likeness (QED) is 0.431. The van der Waals surface area contributed by atoms with E-state index in [0.717, 1.165) is 5.56 Å². The van der Waals surface area contributed by atoms with Gasteiger partial charge in [-0.1, -0.05) is 61.2 Å². The lowest BCUT2D eigenvalue weighted by molar-refractivity contribution is -0.384. The highest BCUT2D eigenvalue weighted by molar-refractivity contribution is 8.15. The second kappa shape index (κ2) is 8.59. The van der Waals surface area contributed by atoms with Crippen molar-refractivity contribution in [2.75, 3.05) is 0 Å². The topological polar surface area (TPSA) is 88.2 Å². The molecular weight excluding hydrogens is 364 g/mol. The number of carbonyl (C=O) groups is 1. The number of hydrogen-bond acceptors (Lipinski definition) is 6. The Balaban J connectivity index is 1.80. The maximum absolute atomic E-state index is 12.6. The van der Waals surface area contributed by atoms with Gasteiger partial charge >= 0.3 is 0 Å². The van der Waals surface area contributed by atoms with E-state index in [-0.39, 0.29) is 16.8 Å². The number of thioether (sulfide) groups is 1. The first-order valence-corrected chi connectivity index (χ1v) is 9.34. The third kappa shape index (κ3) is 4.59. The van der Waals surface area contributed by atoms with E-state index >= 15 is 0 Å². The highest BCUT2D eigenvalue weighted by Crippen LogP contribution is 2.30. The molecule has 1 aliphatic heterocycles. The van der Waals surface area contributed by atoms with Crippen molar-refractivity contribution in [1.29, 1.82) is 0 Å². The number of carbonyl (C=O) groups excluding carboxylic acids is 1. The SMILES string of the molecule is CCC1SC(=NN=Cc2cccc([N+](=O)[O-])c2)N(Cc2ccccc2)C1=O. The fourth-order valence-corrected chi connectivity index (χ4v) is 3.65. The zero-order valence-electron chi connectivity index (χ0n) is 14.7. The number of hydrogen-bond donors (Lipinski definition) is 0. The summed E-state index contributed by atoms with van der Waals surface area (Å²) in [5.41, 5.74) is 1.58. The van der Waals surface area contributed by atoms with E-state index in [0.29, 0.717) is 23.7 Å². The van der Waals surface area contributed by atoms with Crippen LogP contribution in [-0.2, 0) is 11.3 Å². The zero-order chi connectivity index (χ0) is 19.2. The molecule has 2 aromatic rings. The number of rotatable bonds is 6. The van der Waals surface area contributed by atoms with Crippen molar-refractivity contribution in [3.63, 3.8) is 0 Å². The molecule has 27 heavy (non-hydrogen) atoms. The molecule has 0 aliphatic carbocycles. The van der Waals surface area contributed by atoms with Crippen molar-refractivity contribution >= 4 is 34.7 Å². The predicted molar refractivity (Wildman–Crippen MR) is 107 cm³/mol. The van der Waals surface area contributed by atoms with Crippen molar-refractivity contribution in [2.24, 2.45) is 10.2 Å². The van der Waals surface area contributed by atoms with Crippen LogP contribution in [0.5, 0.6) is 0 Å². The summed E-state index contributed by atoms with van der Waals surface area (Å²) in [7, 11) is 0. The molecule has 1 saturated heterocycles. The molecule has 1 atom stereocenters. The summed E-state index contributed by atoms with van der Waals surface area (Å²) in [6.45, 7) is 2.40. The molecule has 0 aromatic heterocycles. The van der Waals surface area contributed by atoms with E-state index in [1.807, 2.05) is 37.3 Å². The minimum Gasteiger partial charge on any atom is -0.284 e. The molecule has 1 amide bonds. The minimum atomic E-state index is -0.456. The average Bonchev–Trinajstić information content (AvgIpc) is 2.98. The van der Waals surface area contributed by atoms with Gasteiger partial charge in [-0.25, -0.2) is 0 Å². The highest BCUT2D eigenvalue weighted by Gasteiger charge is 2.36. The molecule has 1 unspecified atom stereocenters. The van der Waals surface area contributed by atoms with Crippen LogP contribution in [0.3, 0.4) is 0 Å². The Kier molecular flexibility index (Phi) is 5.97. The van der Waals surface area contributed by atoms with Gasteiger partial charge in [-0.05, 0) is 12.0 Å². The molecular formula is C19H18N4O3S. The van der Waals surface area contributed by atoms with Crippen LogP contribution in [0.2, 0.25) is 0 Å². The van der Waals surface area contributed by atoms with Gasteiger partial charge < -0.3 is 0 Å². The lowest BCUT2D eigenvalue weighted by Crippen LogP contribution is -2.31. The Hall–Kier alpha value is -3.00. The summed E-state index contributed by atoms with van der Waals surface area (Å²) in [5.74, 6) is 0.0238. The van der Waals surface area contributed by atoms with E-state index in [1.54, 1.807) is 17.0 Å². The average molecular weight is 382 g/mol. The van der Waals surface area contributed by atoms with Gasteiger partial charge in [0.25, 0.3) is 5.69 Å². The van der Waals surface area contributed by atoms with Gasteiger partial charge in [-0.15, -0.1) is 5.10 Å². The number of nitrogens with zero attached hydrogens (tertiary/aromatic N) is 4. The summed E-state index contributed by atoms with van der Waals surface area (Å²) in [5, 5.41) is 19.5. The van der Waals surface area contributed by atoms with Gasteiger partial charge in [0.1, 0.15) is 0 Å². The second-order valence-corrected chi connectivity index (χ2v) is 7.07. The van der Waals surface area contributed by atoms with E-state index in [1.165, 1.54) is 30.1 Å². The Bertz CT molecular complexity index is 899. The Labute approximate surface area is 160 Å². The molecule has 1 heterocycles. The fourth-order valence-electron chi connectivity index (χ4n) is 2.62. The lowest BCUT2D eigenvalue weighted by Gasteiger charge is -2.15. The molecule has 138 valence electrons. The molecule has 0 N–H and O–H groups in total. The van der Waals surface area contributed by atoms with Gasteiger partial charge in [0.05, 0.1) is 22.9 Å². The van der Waals surface area contributed by atoms with E-state index in [4.69, 9.17) is 0 Å².